The first-order valence-corrected chi connectivity index (χ1v) is 16.7. The van der Waals surface area contributed by atoms with Gasteiger partial charge in [-0.25, -0.2) is 0 Å². The van der Waals surface area contributed by atoms with Crippen LogP contribution in [0.4, 0.5) is 11.4 Å². The van der Waals surface area contributed by atoms with E-state index in [0.717, 1.165) is 75.6 Å². The van der Waals surface area contributed by atoms with Crippen molar-refractivity contribution in [3.63, 3.8) is 0 Å². The standard InChI is InChI=1S/C37H50N4O3/c1-22(38)31(42)40-26-13-9-24-11-15-30-35(3,28(24)21-26)17-7-19-37(30,5)33(44)41-32(43)36(4)18-6-16-34(2)27-20-25(39)12-8-23(27)10-14-29(34)36/h8-9,12-13,20-22,29-30H,6-7,10-11,14-19,38-39H2,1-5H3,(H,40,42)(H,41,43,44)/t22-,29+,30+,34+,35+,36-,37-/m0/s1. The molecule has 44 heavy (non-hydrogen) atoms. The predicted octanol–water partition coefficient (Wildman–Crippen LogP) is 5.92. The molecule has 6 rings (SSSR count). The number of rotatable bonds is 4. The molecule has 7 heteroatoms. The van der Waals surface area contributed by atoms with Crippen molar-refractivity contribution >= 4 is 29.1 Å². The van der Waals surface area contributed by atoms with Gasteiger partial charge in [-0.2, -0.15) is 0 Å². The van der Waals surface area contributed by atoms with Crippen LogP contribution >= 0.6 is 0 Å². The molecule has 0 radical (unpaired) electrons. The average Bonchev–Trinajstić information content (AvgIpc) is 2.97. The van der Waals surface area contributed by atoms with E-state index in [4.69, 9.17) is 11.5 Å². The maximum atomic E-state index is 14.4. The molecule has 0 unspecified atom stereocenters. The highest BCUT2D eigenvalue weighted by Gasteiger charge is 2.58. The topological polar surface area (TPSA) is 127 Å². The molecule has 0 bridgehead atoms. The van der Waals surface area contributed by atoms with Gasteiger partial charge >= 0.3 is 0 Å². The van der Waals surface area contributed by atoms with Crippen LogP contribution in [0.25, 0.3) is 0 Å². The Morgan fingerprint density at radius 3 is 1.80 bits per heavy atom. The summed E-state index contributed by atoms with van der Waals surface area (Å²) >= 11 is 0. The summed E-state index contributed by atoms with van der Waals surface area (Å²) in [5, 5.41) is 5.99. The number of imide groups is 1. The number of benzene rings is 2. The largest absolute Gasteiger partial charge is 0.399 e. The van der Waals surface area contributed by atoms with E-state index < -0.39 is 16.9 Å². The zero-order valence-corrected chi connectivity index (χ0v) is 27.1. The van der Waals surface area contributed by atoms with Gasteiger partial charge in [0.2, 0.25) is 17.7 Å². The third-order valence-corrected chi connectivity index (χ3v) is 12.7. The minimum Gasteiger partial charge on any atom is -0.399 e. The summed E-state index contributed by atoms with van der Waals surface area (Å²) in [7, 11) is 0. The fourth-order valence-corrected chi connectivity index (χ4v) is 10.2. The Balaban J connectivity index is 1.26. The molecule has 4 aliphatic carbocycles. The highest BCUT2D eigenvalue weighted by molar-refractivity contribution is 6.01. The molecule has 0 spiro atoms. The van der Waals surface area contributed by atoms with Crippen molar-refractivity contribution in [1.29, 1.82) is 0 Å². The monoisotopic (exact) mass is 598 g/mol. The Morgan fingerprint density at radius 1 is 0.773 bits per heavy atom. The van der Waals surface area contributed by atoms with E-state index in [-0.39, 0.29) is 40.4 Å². The van der Waals surface area contributed by atoms with Crippen LogP contribution in [0.5, 0.6) is 0 Å². The normalized spacial score (nSPS) is 34.8. The van der Waals surface area contributed by atoms with Crippen molar-refractivity contribution < 1.29 is 14.4 Å². The number of anilines is 2. The van der Waals surface area contributed by atoms with Gasteiger partial charge in [-0.05, 0) is 127 Å². The number of hydrogen-bond acceptors (Lipinski definition) is 5. The quantitative estimate of drug-likeness (QED) is 0.257. The summed E-state index contributed by atoms with van der Waals surface area (Å²) in [4.78, 5) is 41.1. The van der Waals surface area contributed by atoms with E-state index >= 15 is 0 Å². The third-order valence-electron chi connectivity index (χ3n) is 12.7. The van der Waals surface area contributed by atoms with Crippen LogP contribution in [0, 0.1) is 22.7 Å². The van der Waals surface area contributed by atoms with Gasteiger partial charge in [-0.1, -0.05) is 52.7 Å². The fraction of sp³-hybridized carbons (Fsp3) is 0.595. The minimum atomic E-state index is -0.673. The highest BCUT2D eigenvalue weighted by Crippen LogP contribution is 2.59. The van der Waals surface area contributed by atoms with Crippen LogP contribution in [-0.2, 0) is 38.1 Å². The first-order valence-electron chi connectivity index (χ1n) is 16.7. The van der Waals surface area contributed by atoms with Crippen LogP contribution in [0.2, 0.25) is 0 Å². The lowest BCUT2D eigenvalue weighted by Crippen LogP contribution is -2.60. The number of fused-ring (bicyclic) bond motifs is 6. The van der Waals surface area contributed by atoms with Gasteiger partial charge in [0, 0.05) is 11.4 Å². The first-order chi connectivity index (χ1) is 20.7. The molecule has 2 aromatic rings. The number of aryl methyl sites for hydroxylation is 2. The summed E-state index contributed by atoms with van der Waals surface area (Å²) in [5.74, 6) is -0.237. The molecule has 7 nitrogen and oxygen atoms in total. The Morgan fingerprint density at radius 2 is 1.27 bits per heavy atom. The highest BCUT2D eigenvalue weighted by atomic mass is 16.2. The molecule has 6 N–H and O–H groups in total. The molecule has 7 atom stereocenters. The lowest BCUT2D eigenvalue weighted by Gasteiger charge is -2.56. The Kier molecular flexibility index (Phi) is 7.50. The van der Waals surface area contributed by atoms with Crippen molar-refractivity contribution in [2.24, 2.45) is 28.4 Å². The van der Waals surface area contributed by atoms with E-state index in [2.05, 4.69) is 62.6 Å². The number of nitrogens with one attached hydrogen (secondary N) is 2. The number of nitrogen functional groups attached to an aromatic ring is 1. The lowest BCUT2D eigenvalue weighted by atomic mass is 9.49. The molecule has 0 saturated heterocycles. The molecular formula is C37H50N4O3. The van der Waals surface area contributed by atoms with Gasteiger partial charge < -0.3 is 16.8 Å². The van der Waals surface area contributed by atoms with Gasteiger partial charge in [-0.15, -0.1) is 0 Å². The second kappa shape index (κ2) is 10.7. The molecule has 2 fully saturated rings. The van der Waals surface area contributed by atoms with E-state index in [1.54, 1.807) is 6.92 Å². The van der Waals surface area contributed by atoms with Crippen LogP contribution in [0.15, 0.2) is 36.4 Å². The van der Waals surface area contributed by atoms with E-state index in [1.165, 1.54) is 22.3 Å². The second-order valence-corrected chi connectivity index (χ2v) is 15.4. The smallest absolute Gasteiger partial charge is 0.240 e. The van der Waals surface area contributed by atoms with Gasteiger partial charge in [-0.3, -0.25) is 19.7 Å². The van der Waals surface area contributed by atoms with Crippen molar-refractivity contribution in [3.8, 4) is 0 Å². The number of carbonyl (C=O) groups is 3. The molecule has 4 aliphatic rings. The maximum Gasteiger partial charge on any atom is 0.240 e. The van der Waals surface area contributed by atoms with Crippen molar-refractivity contribution in [1.82, 2.24) is 5.32 Å². The third kappa shape index (κ3) is 4.69. The van der Waals surface area contributed by atoms with Crippen molar-refractivity contribution in [2.45, 2.75) is 116 Å². The number of amides is 3. The molecule has 2 aromatic carbocycles. The molecule has 0 aromatic heterocycles. The van der Waals surface area contributed by atoms with Gasteiger partial charge in [0.25, 0.3) is 0 Å². The summed E-state index contributed by atoms with van der Waals surface area (Å²) in [6.45, 7) is 10.4. The fourth-order valence-electron chi connectivity index (χ4n) is 10.2. The zero-order valence-electron chi connectivity index (χ0n) is 27.1. The van der Waals surface area contributed by atoms with Gasteiger partial charge in [0.15, 0.2) is 0 Å². The van der Waals surface area contributed by atoms with Crippen LogP contribution in [-0.4, -0.2) is 23.8 Å². The molecule has 0 heterocycles. The number of nitrogens with two attached hydrogens (primary N) is 2. The maximum absolute atomic E-state index is 14.4. The molecule has 3 amide bonds. The number of hydrogen-bond donors (Lipinski definition) is 4. The van der Waals surface area contributed by atoms with E-state index in [1.807, 2.05) is 12.1 Å². The van der Waals surface area contributed by atoms with E-state index in [0.29, 0.717) is 0 Å². The number of carbonyl (C=O) groups excluding carboxylic acids is 3. The molecule has 0 aliphatic heterocycles. The summed E-state index contributed by atoms with van der Waals surface area (Å²) in [5.41, 5.74) is 17.0. The van der Waals surface area contributed by atoms with Crippen LogP contribution < -0.4 is 22.1 Å². The van der Waals surface area contributed by atoms with E-state index in [9.17, 15) is 14.4 Å². The Bertz CT molecular complexity index is 1520. The van der Waals surface area contributed by atoms with Crippen molar-refractivity contribution in [2.75, 3.05) is 11.1 Å². The van der Waals surface area contributed by atoms with Crippen LogP contribution in [0.1, 0.15) is 108 Å². The lowest BCUT2D eigenvalue weighted by molar-refractivity contribution is -0.150. The summed E-state index contributed by atoms with van der Waals surface area (Å²) < 4.78 is 0. The Hall–Kier alpha value is -3.19. The first kappa shape index (κ1) is 30.8. The van der Waals surface area contributed by atoms with Crippen LogP contribution in [0.3, 0.4) is 0 Å². The Labute approximate surface area is 262 Å². The zero-order chi connectivity index (χ0) is 31.7. The minimum absolute atomic E-state index is 0.0809. The average molecular weight is 599 g/mol. The van der Waals surface area contributed by atoms with Gasteiger partial charge in [0.1, 0.15) is 0 Å². The summed E-state index contributed by atoms with van der Waals surface area (Å²) in [6, 6.07) is 11.8. The predicted molar refractivity (Wildman–Crippen MR) is 175 cm³/mol. The van der Waals surface area contributed by atoms with Crippen molar-refractivity contribution in [3.05, 3.63) is 58.7 Å². The SMILES string of the molecule is C[C@H](N)C(=O)Nc1ccc2c(c1)[C@@]1(C)CCC[C@](C)(C(=O)NC(=O)[C@@]3(C)CCC[C@]4(C)c5cc(N)ccc5CC[C@@H]34)[C@@H]1CC2. The van der Waals surface area contributed by atoms with Gasteiger partial charge in [0.05, 0.1) is 16.9 Å². The summed E-state index contributed by atoms with van der Waals surface area (Å²) in [6.07, 6.45) is 8.99. The second-order valence-electron chi connectivity index (χ2n) is 15.4. The molecule has 236 valence electrons. The molecular weight excluding hydrogens is 548 g/mol. The molecule has 2 saturated carbocycles.